The van der Waals surface area contributed by atoms with Crippen molar-refractivity contribution in [3.63, 3.8) is 0 Å². The number of thiazole rings is 1. The fourth-order valence-corrected chi connectivity index (χ4v) is 4.57. The number of thiophene rings is 1. The molecule has 27 heavy (non-hydrogen) atoms. The van der Waals surface area contributed by atoms with Gasteiger partial charge in [0.05, 0.1) is 23.0 Å². The molecule has 0 bridgehead atoms. The monoisotopic (exact) mass is 398 g/mol. The van der Waals surface area contributed by atoms with Gasteiger partial charge in [0.2, 0.25) is 5.91 Å². The highest BCUT2D eigenvalue weighted by molar-refractivity contribution is 7.12. The summed E-state index contributed by atoms with van der Waals surface area (Å²) in [7, 11) is 0. The normalized spacial score (nSPS) is 16.0. The van der Waals surface area contributed by atoms with Gasteiger partial charge in [-0.05, 0) is 30.0 Å². The summed E-state index contributed by atoms with van der Waals surface area (Å²) >= 11 is 2.93. The Morgan fingerprint density at radius 1 is 1.30 bits per heavy atom. The van der Waals surface area contributed by atoms with Crippen LogP contribution in [0.15, 0.2) is 41.2 Å². The number of nitrogens with one attached hydrogen (secondary N) is 1. The highest BCUT2D eigenvalue weighted by Gasteiger charge is 2.34. The second kappa shape index (κ2) is 7.58. The van der Waals surface area contributed by atoms with Gasteiger partial charge in [0.25, 0.3) is 5.91 Å². The number of hydrogen-bond donors (Lipinski definition) is 1. The smallest absolute Gasteiger partial charge is 0.264 e. The molecule has 4 heterocycles. The van der Waals surface area contributed by atoms with Crippen LogP contribution < -0.4 is 5.32 Å². The Morgan fingerprint density at radius 2 is 2.19 bits per heavy atom. The molecule has 0 fully saturated rings. The van der Waals surface area contributed by atoms with Gasteiger partial charge in [-0.25, -0.2) is 4.98 Å². The van der Waals surface area contributed by atoms with Crippen LogP contribution in [0.25, 0.3) is 0 Å². The zero-order valence-electron chi connectivity index (χ0n) is 14.7. The summed E-state index contributed by atoms with van der Waals surface area (Å²) in [5.41, 5.74) is 2.61. The van der Waals surface area contributed by atoms with Crippen LogP contribution in [0.3, 0.4) is 0 Å². The minimum absolute atomic E-state index is 0.0483. The van der Waals surface area contributed by atoms with Crippen molar-refractivity contribution in [2.45, 2.75) is 25.9 Å². The topological polar surface area (TPSA) is 75.2 Å². The number of pyridine rings is 1. The first-order chi connectivity index (χ1) is 13.1. The lowest BCUT2D eigenvalue weighted by Crippen LogP contribution is -2.44. The first-order valence-corrected chi connectivity index (χ1v) is 10.3. The van der Waals surface area contributed by atoms with Crippen LogP contribution in [0, 0.1) is 6.92 Å². The number of aryl methyl sites for hydroxylation is 1. The number of nitrogens with zero attached hydrogens (tertiary/aromatic N) is 3. The Bertz CT molecular complexity index is 968. The van der Waals surface area contributed by atoms with Gasteiger partial charge in [-0.3, -0.25) is 14.6 Å². The fraction of sp³-hybridized carbons (Fsp3) is 0.263. The molecule has 0 saturated carbocycles. The SMILES string of the molecule is Cc1csc(CNC(=O)C2CN(C(=O)c3cccs3)Cc3cccnc32)n1. The van der Waals surface area contributed by atoms with E-state index in [4.69, 9.17) is 0 Å². The van der Waals surface area contributed by atoms with E-state index in [0.717, 1.165) is 22.0 Å². The minimum Gasteiger partial charge on any atom is -0.349 e. The average molecular weight is 399 g/mol. The molecule has 8 heteroatoms. The molecule has 0 saturated heterocycles. The molecule has 1 N–H and O–H groups in total. The van der Waals surface area contributed by atoms with Gasteiger partial charge >= 0.3 is 0 Å². The van der Waals surface area contributed by atoms with Gasteiger partial charge in [-0.15, -0.1) is 22.7 Å². The molecule has 2 amide bonds. The lowest BCUT2D eigenvalue weighted by atomic mass is 9.93. The molecule has 1 aliphatic rings. The number of carbonyl (C=O) groups excluding carboxylic acids is 2. The third-order valence-corrected chi connectivity index (χ3v) is 6.26. The maximum absolute atomic E-state index is 12.9. The van der Waals surface area contributed by atoms with Crippen molar-refractivity contribution in [3.8, 4) is 0 Å². The first-order valence-electron chi connectivity index (χ1n) is 8.57. The summed E-state index contributed by atoms with van der Waals surface area (Å²) < 4.78 is 0. The van der Waals surface area contributed by atoms with Gasteiger partial charge in [-0.2, -0.15) is 0 Å². The van der Waals surface area contributed by atoms with Crippen LogP contribution in [0.2, 0.25) is 0 Å². The van der Waals surface area contributed by atoms with Crippen molar-refractivity contribution in [1.82, 2.24) is 20.2 Å². The second-order valence-electron chi connectivity index (χ2n) is 6.36. The first kappa shape index (κ1) is 17.8. The Morgan fingerprint density at radius 3 is 2.93 bits per heavy atom. The van der Waals surface area contributed by atoms with Crippen LogP contribution in [0.1, 0.15) is 37.5 Å². The van der Waals surface area contributed by atoms with Crippen molar-refractivity contribution in [1.29, 1.82) is 0 Å². The lowest BCUT2D eigenvalue weighted by molar-refractivity contribution is -0.123. The molecule has 138 valence electrons. The largest absolute Gasteiger partial charge is 0.349 e. The van der Waals surface area contributed by atoms with E-state index in [1.54, 1.807) is 11.1 Å². The van der Waals surface area contributed by atoms with Crippen LogP contribution in [-0.2, 0) is 17.9 Å². The molecule has 1 atom stereocenters. The van der Waals surface area contributed by atoms with Gasteiger partial charge in [0.1, 0.15) is 5.01 Å². The molecule has 1 aliphatic heterocycles. The van der Waals surface area contributed by atoms with E-state index in [-0.39, 0.29) is 11.8 Å². The summed E-state index contributed by atoms with van der Waals surface area (Å²) in [6.07, 6.45) is 1.69. The standard InChI is InChI=1S/C19H18N4O2S2/c1-12-11-27-16(22-12)8-21-18(24)14-10-23(19(25)15-5-3-7-26-15)9-13-4-2-6-20-17(13)14/h2-7,11,14H,8-10H2,1H3,(H,21,24). The van der Waals surface area contributed by atoms with Crippen LogP contribution in [-0.4, -0.2) is 33.2 Å². The Balaban J connectivity index is 1.54. The summed E-state index contributed by atoms with van der Waals surface area (Å²) in [6.45, 7) is 3.10. The van der Waals surface area contributed by atoms with Crippen LogP contribution in [0.4, 0.5) is 0 Å². The third-order valence-electron chi connectivity index (χ3n) is 4.44. The molecule has 6 nitrogen and oxygen atoms in total. The third kappa shape index (κ3) is 3.77. The van der Waals surface area contributed by atoms with E-state index >= 15 is 0 Å². The van der Waals surface area contributed by atoms with E-state index < -0.39 is 5.92 Å². The molecule has 3 aromatic heterocycles. The van der Waals surface area contributed by atoms with Gasteiger partial charge in [0, 0.05) is 30.4 Å². The van der Waals surface area contributed by atoms with Crippen LogP contribution >= 0.6 is 22.7 Å². The molecule has 3 aromatic rings. The van der Waals surface area contributed by atoms with Crippen molar-refractivity contribution in [2.24, 2.45) is 0 Å². The minimum atomic E-state index is -0.486. The molecule has 0 spiro atoms. The summed E-state index contributed by atoms with van der Waals surface area (Å²) in [4.78, 5) is 36.9. The number of aromatic nitrogens is 2. The van der Waals surface area contributed by atoms with Crippen LogP contribution in [0.5, 0.6) is 0 Å². The average Bonchev–Trinajstić information content (AvgIpc) is 3.36. The number of carbonyl (C=O) groups is 2. The zero-order valence-corrected chi connectivity index (χ0v) is 16.3. The van der Waals surface area contributed by atoms with Gasteiger partial charge in [-0.1, -0.05) is 12.1 Å². The molecule has 4 rings (SSSR count). The Labute approximate surface area is 164 Å². The molecular formula is C19H18N4O2S2. The molecular weight excluding hydrogens is 380 g/mol. The predicted molar refractivity (Wildman–Crippen MR) is 105 cm³/mol. The highest BCUT2D eigenvalue weighted by Crippen LogP contribution is 2.28. The summed E-state index contributed by atoms with van der Waals surface area (Å²) in [5.74, 6) is -0.667. The maximum Gasteiger partial charge on any atom is 0.264 e. The van der Waals surface area contributed by atoms with E-state index in [9.17, 15) is 9.59 Å². The summed E-state index contributed by atoms with van der Waals surface area (Å²) in [5, 5.41) is 7.66. The fourth-order valence-electron chi connectivity index (χ4n) is 3.16. The number of fused-ring (bicyclic) bond motifs is 1. The lowest BCUT2D eigenvalue weighted by Gasteiger charge is -2.33. The maximum atomic E-state index is 12.9. The van der Waals surface area contributed by atoms with E-state index in [2.05, 4.69) is 15.3 Å². The van der Waals surface area contributed by atoms with Crippen molar-refractivity contribution in [2.75, 3.05) is 6.54 Å². The molecule has 1 unspecified atom stereocenters. The number of amides is 2. The molecule has 0 aromatic carbocycles. The molecule has 0 radical (unpaired) electrons. The number of hydrogen-bond acceptors (Lipinski definition) is 6. The number of rotatable bonds is 4. The molecule has 0 aliphatic carbocycles. The van der Waals surface area contributed by atoms with E-state index in [1.165, 1.54) is 22.7 Å². The quantitative estimate of drug-likeness (QED) is 0.733. The Hall–Kier alpha value is -2.58. The second-order valence-corrected chi connectivity index (χ2v) is 8.25. The van der Waals surface area contributed by atoms with Crippen molar-refractivity contribution >= 4 is 34.5 Å². The van der Waals surface area contributed by atoms with E-state index in [0.29, 0.717) is 24.5 Å². The summed E-state index contributed by atoms with van der Waals surface area (Å²) in [6, 6.07) is 7.44. The predicted octanol–water partition coefficient (Wildman–Crippen LogP) is 2.96. The van der Waals surface area contributed by atoms with Gasteiger partial charge in [0.15, 0.2) is 0 Å². The van der Waals surface area contributed by atoms with Crippen molar-refractivity contribution < 1.29 is 9.59 Å². The zero-order chi connectivity index (χ0) is 18.8. The Kier molecular flexibility index (Phi) is 5.00. The van der Waals surface area contributed by atoms with Gasteiger partial charge < -0.3 is 10.2 Å². The van der Waals surface area contributed by atoms with E-state index in [1.807, 2.05) is 41.9 Å². The highest BCUT2D eigenvalue weighted by atomic mass is 32.1. The van der Waals surface area contributed by atoms with Crippen molar-refractivity contribution in [3.05, 3.63) is 68.1 Å².